The van der Waals surface area contributed by atoms with E-state index >= 15 is 0 Å². The van der Waals surface area contributed by atoms with E-state index in [0.717, 1.165) is 30.9 Å². The van der Waals surface area contributed by atoms with E-state index in [1.165, 1.54) is 31.9 Å². The fourth-order valence-electron chi connectivity index (χ4n) is 3.00. The largest absolute Gasteiger partial charge is 0.353 e. The zero-order chi connectivity index (χ0) is 14.4. The summed E-state index contributed by atoms with van der Waals surface area (Å²) >= 11 is 0. The molecule has 112 valence electrons. The molecule has 0 amide bonds. The molecule has 1 saturated heterocycles. The molecule has 4 heteroatoms. The second-order valence-corrected chi connectivity index (χ2v) is 5.52. The highest BCUT2D eigenvalue weighted by Crippen LogP contribution is 2.27. The summed E-state index contributed by atoms with van der Waals surface area (Å²) in [5.74, 6) is 0.727. The maximum Gasteiger partial charge on any atom is 0.141 e. The van der Waals surface area contributed by atoms with E-state index < -0.39 is 0 Å². The number of nitrogens with one attached hydrogen (secondary N) is 1. The SMILES string of the molecule is CCNCc1cc(F)cnc1N1CCCCCC1CC. The normalized spacial score (nSPS) is 19.9. The Labute approximate surface area is 121 Å². The quantitative estimate of drug-likeness (QED) is 0.894. The molecule has 1 aromatic rings. The lowest BCUT2D eigenvalue weighted by atomic mass is 10.1. The lowest BCUT2D eigenvalue weighted by Gasteiger charge is -2.32. The molecule has 20 heavy (non-hydrogen) atoms. The zero-order valence-electron chi connectivity index (χ0n) is 12.7. The van der Waals surface area contributed by atoms with Crippen LogP contribution in [0.2, 0.25) is 0 Å². The Morgan fingerprint density at radius 3 is 2.95 bits per heavy atom. The molecule has 0 radical (unpaired) electrons. The third-order valence-electron chi connectivity index (χ3n) is 4.10. The van der Waals surface area contributed by atoms with Gasteiger partial charge >= 0.3 is 0 Å². The van der Waals surface area contributed by atoms with Crippen LogP contribution in [0.4, 0.5) is 10.2 Å². The molecule has 1 aromatic heterocycles. The summed E-state index contributed by atoms with van der Waals surface area (Å²) in [5, 5.41) is 3.29. The summed E-state index contributed by atoms with van der Waals surface area (Å²) in [5.41, 5.74) is 0.979. The van der Waals surface area contributed by atoms with Gasteiger partial charge in [-0.1, -0.05) is 26.7 Å². The minimum absolute atomic E-state index is 0.246. The maximum atomic E-state index is 13.5. The first kappa shape index (κ1) is 15.2. The minimum atomic E-state index is -0.246. The van der Waals surface area contributed by atoms with E-state index in [0.29, 0.717) is 12.6 Å². The number of aromatic nitrogens is 1. The van der Waals surface area contributed by atoms with Crippen molar-refractivity contribution in [3.05, 3.63) is 23.6 Å². The highest BCUT2D eigenvalue weighted by atomic mass is 19.1. The van der Waals surface area contributed by atoms with E-state index in [-0.39, 0.29) is 5.82 Å². The molecule has 2 heterocycles. The van der Waals surface area contributed by atoms with E-state index in [1.807, 2.05) is 0 Å². The van der Waals surface area contributed by atoms with Gasteiger partial charge in [0.15, 0.2) is 0 Å². The Balaban J connectivity index is 2.28. The van der Waals surface area contributed by atoms with Gasteiger partial charge in [0.2, 0.25) is 0 Å². The standard InChI is InChI=1S/C16H26FN3/c1-3-15-8-6-5-7-9-20(15)16-13(11-18-4-2)10-14(17)12-19-16/h10,12,15,18H,3-9,11H2,1-2H3. The van der Waals surface area contributed by atoms with E-state index in [2.05, 4.69) is 29.0 Å². The molecule has 3 nitrogen and oxygen atoms in total. The molecule has 1 N–H and O–H groups in total. The van der Waals surface area contributed by atoms with Gasteiger partial charge < -0.3 is 10.2 Å². The van der Waals surface area contributed by atoms with Crippen molar-refractivity contribution in [2.75, 3.05) is 18.0 Å². The number of halogens is 1. The third-order valence-corrected chi connectivity index (χ3v) is 4.10. The summed E-state index contributed by atoms with van der Waals surface area (Å²) in [4.78, 5) is 6.81. The number of pyridine rings is 1. The number of anilines is 1. The van der Waals surface area contributed by atoms with Gasteiger partial charge in [0, 0.05) is 24.7 Å². The van der Waals surface area contributed by atoms with Gasteiger partial charge in [0.05, 0.1) is 6.20 Å². The van der Waals surface area contributed by atoms with Crippen LogP contribution < -0.4 is 10.2 Å². The Kier molecular flexibility index (Phi) is 5.77. The molecule has 1 aliphatic rings. The van der Waals surface area contributed by atoms with Crippen LogP contribution in [0.5, 0.6) is 0 Å². The van der Waals surface area contributed by atoms with Crippen molar-refractivity contribution in [2.24, 2.45) is 0 Å². The molecule has 0 aliphatic carbocycles. The predicted molar refractivity (Wildman–Crippen MR) is 81.5 cm³/mol. The van der Waals surface area contributed by atoms with Crippen molar-refractivity contribution >= 4 is 5.82 Å². The molecule has 2 rings (SSSR count). The first-order chi connectivity index (χ1) is 9.76. The van der Waals surface area contributed by atoms with Gasteiger partial charge in [-0.2, -0.15) is 0 Å². The predicted octanol–water partition coefficient (Wildman–Crippen LogP) is 3.49. The van der Waals surface area contributed by atoms with Crippen LogP contribution in [0.15, 0.2) is 12.3 Å². The smallest absolute Gasteiger partial charge is 0.141 e. The van der Waals surface area contributed by atoms with Crippen LogP contribution in [0.25, 0.3) is 0 Å². The first-order valence-corrected chi connectivity index (χ1v) is 7.88. The van der Waals surface area contributed by atoms with Crippen molar-refractivity contribution in [3.63, 3.8) is 0 Å². The Bertz CT molecular complexity index is 422. The zero-order valence-corrected chi connectivity index (χ0v) is 12.7. The molecule has 0 aromatic carbocycles. The van der Waals surface area contributed by atoms with Crippen molar-refractivity contribution < 1.29 is 4.39 Å². The van der Waals surface area contributed by atoms with Gasteiger partial charge in [-0.15, -0.1) is 0 Å². The molecule has 0 bridgehead atoms. The van der Waals surface area contributed by atoms with Gasteiger partial charge in [-0.3, -0.25) is 0 Å². The maximum absolute atomic E-state index is 13.5. The van der Waals surface area contributed by atoms with Crippen molar-refractivity contribution in [2.45, 2.75) is 58.5 Å². The molecule has 1 unspecified atom stereocenters. The fraction of sp³-hybridized carbons (Fsp3) is 0.688. The molecule has 0 spiro atoms. The highest BCUT2D eigenvalue weighted by Gasteiger charge is 2.23. The van der Waals surface area contributed by atoms with E-state index in [4.69, 9.17) is 0 Å². The second-order valence-electron chi connectivity index (χ2n) is 5.52. The van der Waals surface area contributed by atoms with Gasteiger partial charge in [0.25, 0.3) is 0 Å². The first-order valence-electron chi connectivity index (χ1n) is 7.88. The molecular formula is C16H26FN3. The summed E-state index contributed by atoms with van der Waals surface area (Å²) < 4.78 is 13.5. The Hall–Kier alpha value is -1.16. The van der Waals surface area contributed by atoms with Crippen LogP contribution in [0, 0.1) is 5.82 Å². The molecular weight excluding hydrogens is 253 g/mol. The van der Waals surface area contributed by atoms with Crippen molar-refractivity contribution in [1.82, 2.24) is 10.3 Å². The molecule has 1 fully saturated rings. The van der Waals surface area contributed by atoms with Gasteiger partial charge in [-0.05, 0) is 31.9 Å². The van der Waals surface area contributed by atoms with Crippen LogP contribution in [0.1, 0.15) is 51.5 Å². The molecule has 1 atom stereocenters. The molecule has 0 saturated carbocycles. The van der Waals surface area contributed by atoms with E-state index in [1.54, 1.807) is 6.07 Å². The third kappa shape index (κ3) is 3.69. The van der Waals surface area contributed by atoms with Gasteiger partial charge in [0.1, 0.15) is 11.6 Å². The van der Waals surface area contributed by atoms with Crippen LogP contribution in [-0.4, -0.2) is 24.1 Å². The number of rotatable bonds is 5. The average Bonchev–Trinajstić information content (AvgIpc) is 2.70. The second kappa shape index (κ2) is 7.58. The minimum Gasteiger partial charge on any atom is -0.353 e. The lowest BCUT2D eigenvalue weighted by Crippen LogP contribution is -2.36. The average molecular weight is 279 g/mol. The van der Waals surface area contributed by atoms with Crippen LogP contribution in [0.3, 0.4) is 0 Å². The molecule has 1 aliphatic heterocycles. The fourth-order valence-corrected chi connectivity index (χ4v) is 3.00. The summed E-state index contributed by atoms with van der Waals surface area (Å²) in [6, 6.07) is 2.17. The van der Waals surface area contributed by atoms with Gasteiger partial charge in [-0.25, -0.2) is 9.37 Å². The van der Waals surface area contributed by atoms with Crippen molar-refractivity contribution in [1.29, 1.82) is 0 Å². The summed E-state index contributed by atoms with van der Waals surface area (Å²) in [7, 11) is 0. The number of hydrogen-bond donors (Lipinski definition) is 1. The number of nitrogens with zero attached hydrogens (tertiary/aromatic N) is 2. The van der Waals surface area contributed by atoms with Crippen LogP contribution in [-0.2, 0) is 6.54 Å². The van der Waals surface area contributed by atoms with Crippen LogP contribution >= 0.6 is 0 Å². The van der Waals surface area contributed by atoms with Crippen molar-refractivity contribution in [3.8, 4) is 0 Å². The number of hydrogen-bond acceptors (Lipinski definition) is 3. The highest BCUT2D eigenvalue weighted by molar-refractivity contribution is 5.48. The summed E-state index contributed by atoms with van der Waals surface area (Å²) in [6.45, 7) is 6.90. The topological polar surface area (TPSA) is 28.2 Å². The summed E-state index contributed by atoms with van der Waals surface area (Å²) in [6.07, 6.45) is 7.48. The monoisotopic (exact) mass is 279 g/mol. The Morgan fingerprint density at radius 1 is 1.35 bits per heavy atom. The Morgan fingerprint density at radius 2 is 2.20 bits per heavy atom. The lowest BCUT2D eigenvalue weighted by molar-refractivity contribution is 0.546. The van der Waals surface area contributed by atoms with E-state index in [9.17, 15) is 4.39 Å².